The summed E-state index contributed by atoms with van der Waals surface area (Å²) in [7, 11) is 0. The molecule has 4 heteroatoms. The van der Waals surface area contributed by atoms with Crippen molar-refractivity contribution < 1.29 is 0 Å². The van der Waals surface area contributed by atoms with Crippen molar-refractivity contribution in [1.82, 2.24) is 0 Å². The Balaban J connectivity index is 3.49. The van der Waals surface area contributed by atoms with Crippen LogP contribution in [0.3, 0.4) is 0 Å². The molecule has 0 heterocycles. The van der Waals surface area contributed by atoms with Gasteiger partial charge in [-0.05, 0) is 6.42 Å². The minimum atomic E-state index is 0.547. The van der Waals surface area contributed by atoms with Crippen molar-refractivity contribution in [2.75, 3.05) is 12.4 Å². The molecule has 0 saturated carbocycles. The van der Waals surface area contributed by atoms with Gasteiger partial charge in [-0.25, -0.2) is 0 Å². The van der Waals surface area contributed by atoms with E-state index < -0.39 is 0 Å². The van der Waals surface area contributed by atoms with Gasteiger partial charge in [0.05, 0.1) is 0 Å². The van der Waals surface area contributed by atoms with Crippen LogP contribution in [0.4, 0.5) is 0 Å². The van der Waals surface area contributed by atoms with E-state index in [4.69, 9.17) is 11.5 Å². The van der Waals surface area contributed by atoms with Crippen molar-refractivity contribution in [3.8, 4) is 0 Å². The predicted molar refractivity (Wildman–Crippen MR) is 66.4 cm³/mol. The summed E-state index contributed by atoms with van der Waals surface area (Å²) in [4.78, 5) is 5.23. The highest BCUT2D eigenvalue weighted by molar-refractivity contribution is 8.03. The second-order valence-corrected chi connectivity index (χ2v) is 4.07. The van der Waals surface area contributed by atoms with Crippen molar-refractivity contribution >= 4 is 18.0 Å². The predicted octanol–water partition coefficient (Wildman–Crippen LogP) is 2.09. The monoisotopic (exact) mass is 215 g/mol. The van der Waals surface area contributed by atoms with Crippen molar-refractivity contribution in [2.24, 2.45) is 16.5 Å². The average molecular weight is 215 g/mol. The first-order valence-corrected chi connectivity index (χ1v) is 6.08. The van der Waals surface area contributed by atoms with Crippen LogP contribution in [0.1, 0.15) is 32.6 Å². The van der Waals surface area contributed by atoms with Gasteiger partial charge in [-0.3, -0.25) is 4.99 Å². The number of allylic oxidation sites excluding steroid dienone is 1. The fraction of sp³-hybridized carbons (Fsp3) is 0.700. The molecule has 0 radical (unpaired) electrons. The fourth-order valence-electron chi connectivity index (χ4n) is 1.01. The van der Waals surface area contributed by atoms with E-state index in [0.29, 0.717) is 5.88 Å². The number of nitrogens with two attached hydrogens (primary N) is 2. The number of aliphatic imine (C=N–C) groups is 1. The third kappa shape index (κ3) is 8.13. The second-order valence-electron chi connectivity index (χ2n) is 2.98. The number of nitrogens with zero attached hydrogens (tertiary/aromatic N) is 1. The molecule has 0 bridgehead atoms. The van der Waals surface area contributed by atoms with Crippen LogP contribution in [0.2, 0.25) is 0 Å². The van der Waals surface area contributed by atoms with Gasteiger partial charge in [0.25, 0.3) is 0 Å². The molecule has 0 atom stereocenters. The van der Waals surface area contributed by atoms with Crippen LogP contribution in [0.15, 0.2) is 16.1 Å². The Morgan fingerprint density at radius 1 is 1.36 bits per heavy atom. The number of hydrogen-bond donors (Lipinski definition) is 2. The fourth-order valence-corrected chi connectivity index (χ4v) is 1.45. The molecular formula is C10H21N3S. The number of rotatable bonds is 8. The molecule has 0 spiro atoms. The average Bonchev–Trinajstić information content (AvgIpc) is 2.21. The highest BCUT2D eigenvalue weighted by Gasteiger charge is 1.90. The maximum absolute atomic E-state index is 5.39. The minimum Gasteiger partial charge on any atom is -0.404 e. The molecule has 0 aromatic heterocycles. The summed E-state index contributed by atoms with van der Waals surface area (Å²) in [5.41, 5.74) is 10.8. The van der Waals surface area contributed by atoms with Gasteiger partial charge in [0.15, 0.2) is 0 Å². The largest absolute Gasteiger partial charge is 0.404 e. The highest BCUT2D eigenvalue weighted by Crippen LogP contribution is 2.08. The molecule has 14 heavy (non-hydrogen) atoms. The summed E-state index contributed by atoms with van der Waals surface area (Å²) in [6.07, 6.45) is 8.35. The first-order chi connectivity index (χ1) is 6.85. The zero-order valence-corrected chi connectivity index (χ0v) is 9.72. The molecule has 0 aliphatic heterocycles. The van der Waals surface area contributed by atoms with E-state index in [2.05, 4.69) is 11.9 Å². The molecule has 0 saturated heterocycles. The third-order valence-corrected chi connectivity index (χ3v) is 2.52. The van der Waals surface area contributed by atoms with Crippen LogP contribution >= 0.6 is 11.8 Å². The van der Waals surface area contributed by atoms with E-state index >= 15 is 0 Å². The molecule has 0 aliphatic rings. The zero-order valence-electron chi connectivity index (χ0n) is 8.91. The van der Waals surface area contributed by atoms with Crippen molar-refractivity contribution in [3.63, 3.8) is 0 Å². The molecule has 0 fully saturated rings. The van der Waals surface area contributed by atoms with Crippen LogP contribution in [0.5, 0.6) is 0 Å². The SMILES string of the molecule is CCCCCCN=CC(=CN)SCN. The topological polar surface area (TPSA) is 64.4 Å². The Kier molecular flexibility index (Phi) is 10.2. The minimum absolute atomic E-state index is 0.547. The zero-order chi connectivity index (χ0) is 10.6. The normalized spacial score (nSPS) is 12.6. The molecule has 0 aromatic carbocycles. The maximum atomic E-state index is 5.39. The van der Waals surface area contributed by atoms with E-state index in [1.807, 2.05) is 6.21 Å². The van der Waals surface area contributed by atoms with Crippen molar-refractivity contribution in [3.05, 3.63) is 11.1 Å². The number of thioether (sulfide) groups is 1. The summed E-state index contributed by atoms with van der Waals surface area (Å²) in [6, 6.07) is 0. The van der Waals surface area contributed by atoms with Gasteiger partial charge < -0.3 is 11.5 Å². The Morgan fingerprint density at radius 3 is 2.71 bits per heavy atom. The second kappa shape index (κ2) is 10.6. The molecule has 3 nitrogen and oxygen atoms in total. The lowest BCUT2D eigenvalue weighted by atomic mass is 10.2. The van der Waals surface area contributed by atoms with Gasteiger partial charge in [-0.15, -0.1) is 11.8 Å². The lowest BCUT2D eigenvalue weighted by molar-refractivity contribution is 0.676. The lowest BCUT2D eigenvalue weighted by Gasteiger charge is -1.97. The Bertz CT molecular complexity index is 178. The van der Waals surface area contributed by atoms with E-state index in [-0.39, 0.29) is 0 Å². The Morgan fingerprint density at radius 2 is 2.14 bits per heavy atom. The molecule has 0 aliphatic carbocycles. The number of hydrogen-bond acceptors (Lipinski definition) is 4. The quantitative estimate of drug-likeness (QED) is 0.370. The molecule has 0 amide bonds. The smallest absolute Gasteiger partial charge is 0.0441 e. The summed E-state index contributed by atoms with van der Waals surface area (Å²) in [5, 5.41) is 0. The van der Waals surface area contributed by atoms with Crippen molar-refractivity contribution in [1.29, 1.82) is 0 Å². The molecule has 0 rings (SSSR count). The molecule has 82 valence electrons. The molecular weight excluding hydrogens is 194 g/mol. The Hall–Kier alpha value is -0.480. The summed E-state index contributed by atoms with van der Waals surface area (Å²) in [5.74, 6) is 0.547. The van der Waals surface area contributed by atoms with Gasteiger partial charge in [0.2, 0.25) is 0 Å². The van der Waals surface area contributed by atoms with Crippen molar-refractivity contribution in [2.45, 2.75) is 32.6 Å². The molecule has 4 N–H and O–H groups in total. The lowest BCUT2D eigenvalue weighted by Crippen LogP contribution is -1.96. The van der Waals surface area contributed by atoms with Crippen LogP contribution in [0, 0.1) is 0 Å². The van der Waals surface area contributed by atoms with Crippen LogP contribution in [0.25, 0.3) is 0 Å². The third-order valence-electron chi connectivity index (χ3n) is 1.77. The highest BCUT2D eigenvalue weighted by atomic mass is 32.2. The van der Waals surface area contributed by atoms with Crippen LogP contribution in [-0.2, 0) is 0 Å². The summed E-state index contributed by atoms with van der Waals surface area (Å²) < 4.78 is 0. The standard InChI is InChI=1S/C10H21N3S/c1-2-3-4-5-6-13-8-10(7-11)14-9-12/h7-8H,2-6,9,11-12H2,1H3. The first-order valence-electron chi connectivity index (χ1n) is 5.09. The van der Waals surface area contributed by atoms with E-state index in [0.717, 1.165) is 17.9 Å². The van der Waals surface area contributed by atoms with Gasteiger partial charge in [-0.1, -0.05) is 26.2 Å². The number of unbranched alkanes of at least 4 members (excludes halogenated alkanes) is 3. The first kappa shape index (κ1) is 13.5. The van der Waals surface area contributed by atoms with Gasteiger partial charge in [-0.2, -0.15) is 0 Å². The van der Waals surface area contributed by atoms with Gasteiger partial charge in [0.1, 0.15) is 0 Å². The van der Waals surface area contributed by atoms with E-state index in [9.17, 15) is 0 Å². The van der Waals surface area contributed by atoms with Crippen LogP contribution < -0.4 is 11.5 Å². The van der Waals surface area contributed by atoms with E-state index in [1.54, 1.807) is 6.20 Å². The Labute approximate surface area is 91.0 Å². The summed E-state index contributed by atoms with van der Waals surface area (Å²) in [6.45, 7) is 3.10. The van der Waals surface area contributed by atoms with Crippen LogP contribution in [-0.4, -0.2) is 18.6 Å². The maximum Gasteiger partial charge on any atom is 0.0441 e. The van der Waals surface area contributed by atoms with E-state index in [1.165, 1.54) is 31.0 Å². The molecule has 0 aromatic rings. The summed E-state index contributed by atoms with van der Waals surface area (Å²) >= 11 is 1.51. The molecule has 0 unspecified atom stereocenters. The van der Waals surface area contributed by atoms with Gasteiger partial charge in [0, 0.05) is 29.7 Å². The van der Waals surface area contributed by atoms with Gasteiger partial charge >= 0.3 is 0 Å².